The van der Waals surface area contributed by atoms with Gasteiger partial charge in [0, 0.05) is 16.6 Å². The van der Waals surface area contributed by atoms with Crippen LogP contribution in [0, 0.1) is 0 Å². The van der Waals surface area contributed by atoms with Gasteiger partial charge in [0.15, 0.2) is 9.84 Å². The summed E-state index contributed by atoms with van der Waals surface area (Å²) >= 11 is 0. The zero-order chi connectivity index (χ0) is 13.6. The van der Waals surface area contributed by atoms with E-state index in [0.29, 0.717) is 5.75 Å². The summed E-state index contributed by atoms with van der Waals surface area (Å²) < 4.78 is 34.5. The summed E-state index contributed by atoms with van der Waals surface area (Å²) in [5.74, 6) is 0.180. The van der Waals surface area contributed by atoms with Crippen molar-refractivity contribution in [3.05, 3.63) is 0 Å². The number of aliphatic hydroxyl groups excluding tert-OH is 1. The molecule has 0 spiro atoms. The summed E-state index contributed by atoms with van der Waals surface area (Å²) in [6.45, 7) is 2.16. The third-order valence-electron chi connectivity index (χ3n) is 3.31. The summed E-state index contributed by atoms with van der Waals surface area (Å²) in [5, 5.41) is 9.03. The Morgan fingerprint density at radius 3 is 2.28 bits per heavy atom. The molecule has 0 aromatic heterocycles. The average molecular weight is 296 g/mol. The summed E-state index contributed by atoms with van der Waals surface area (Å²) in [5.41, 5.74) is 0. The van der Waals surface area contributed by atoms with Gasteiger partial charge in [0.1, 0.15) is 0 Å². The monoisotopic (exact) mass is 296 g/mol. The molecule has 0 aromatic rings. The number of rotatable bonds is 8. The first-order valence-electron chi connectivity index (χ1n) is 6.72. The second-order valence-electron chi connectivity index (χ2n) is 5.04. The maximum atomic E-state index is 11.9. The Hall–Kier alpha value is 0.0600. The van der Waals surface area contributed by atoms with Gasteiger partial charge in [-0.1, -0.05) is 39.0 Å². The van der Waals surface area contributed by atoms with E-state index in [1.54, 1.807) is 0 Å². The number of sulfone groups is 1. The lowest BCUT2D eigenvalue weighted by molar-refractivity contribution is 0.206. The lowest BCUT2D eigenvalue weighted by Crippen LogP contribution is -2.30. The normalized spacial score (nSPS) is 28.3. The maximum absolute atomic E-state index is 11.9. The van der Waals surface area contributed by atoms with Crippen LogP contribution in [0.5, 0.6) is 0 Å². The molecule has 0 bridgehead atoms. The van der Waals surface area contributed by atoms with Crippen LogP contribution in [0.15, 0.2) is 0 Å². The fourth-order valence-corrected chi connectivity index (χ4v) is 6.42. The van der Waals surface area contributed by atoms with Crippen LogP contribution in [0.3, 0.4) is 0 Å². The molecular weight excluding hydrogens is 272 g/mol. The topological polar surface area (TPSA) is 71.4 Å². The zero-order valence-corrected chi connectivity index (χ0v) is 12.6. The van der Waals surface area contributed by atoms with Gasteiger partial charge in [0.05, 0.1) is 22.9 Å². The van der Waals surface area contributed by atoms with Gasteiger partial charge in [0.25, 0.3) is 0 Å². The van der Waals surface area contributed by atoms with Gasteiger partial charge < -0.3 is 5.11 Å². The van der Waals surface area contributed by atoms with Crippen LogP contribution in [0.2, 0.25) is 0 Å². The molecule has 0 aliphatic carbocycles. The highest BCUT2D eigenvalue weighted by Crippen LogP contribution is 2.19. The van der Waals surface area contributed by atoms with E-state index in [0.717, 1.165) is 19.3 Å². The molecule has 1 aliphatic rings. The first-order chi connectivity index (χ1) is 8.46. The minimum absolute atomic E-state index is 0.114. The smallest absolute Gasteiger partial charge is 0.154 e. The van der Waals surface area contributed by atoms with E-state index >= 15 is 0 Å². The summed E-state index contributed by atoms with van der Waals surface area (Å²) in [6, 6.07) is 0. The lowest BCUT2D eigenvalue weighted by Gasteiger charge is -2.12. The van der Waals surface area contributed by atoms with E-state index in [2.05, 4.69) is 6.92 Å². The highest BCUT2D eigenvalue weighted by Gasteiger charge is 2.39. The van der Waals surface area contributed by atoms with Crippen LogP contribution in [-0.2, 0) is 20.6 Å². The van der Waals surface area contributed by atoms with Crippen molar-refractivity contribution in [1.82, 2.24) is 0 Å². The first-order valence-corrected chi connectivity index (χ1v) is 9.92. The predicted octanol–water partition coefficient (Wildman–Crippen LogP) is 1.25. The van der Waals surface area contributed by atoms with Crippen LogP contribution in [0.4, 0.5) is 0 Å². The molecule has 1 N–H and O–H groups in total. The zero-order valence-electron chi connectivity index (χ0n) is 11.0. The second-order valence-corrected chi connectivity index (χ2v) is 8.96. The molecular formula is C12H24O4S2. The van der Waals surface area contributed by atoms with Gasteiger partial charge in [-0.2, -0.15) is 0 Å². The molecule has 0 unspecified atom stereocenters. The quantitative estimate of drug-likeness (QED) is 0.684. The molecule has 1 aliphatic heterocycles. The molecule has 0 saturated carbocycles. The molecule has 1 rings (SSSR count). The summed E-state index contributed by atoms with van der Waals surface area (Å²) in [4.78, 5) is 0. The Morgan fingerprint density at radius 1 is 1.11 bits per heavy atom. The van der Waals surface area contributed by atoms with Gasteiger partial charge in [-0.3, -0.25) is 4.21 Å². The summed E-state index contributed by atoms with van der Waals surface area (Å²) in [6.07, 6.45) is 5.78. The Bertz CT molecular complexity index is 364. The maximum Gasteiger partial charge on any atom is 0.154 e. The van der Waals surface area contributed by atoms with E-state index < -0.39 is 32.0 Å². The van der Waals surface area contributed by atoms with E-state index in [4.69, 9.17) is 0 Å². The van der Waals surface area contributed by atoms with Crippen LogP contribution >= 0.6 is 0 Å². The highest BCUT2D eigenvalue weighted by molar-refractivity contribution is 7.94. The van der Waals surface area contributed by atoms with Crippen molar-refractivity contribution in [3.8, 4) is 0 Å². The average Bonchev–Trinajstić information content (AvgIpc) is 2.57. The molecule has 18 heavy (non-hydrogen) atoms. The van der Waals surface area contributed by atoms with Crippen molar-refractivity contribution in [2.75, 3.05) is 17.3 Å². The van der Waals surface area contributed by atoms with Gasteiger partial charge in [-0.25, -0.2) is 8.42 Å². The van der Waals surface area contributed by atoms with E-state index in [1.807, 2.05) is 0 Å². The van der Waals surface area contributed by atoms with Crippen molar-refractivity contribution in [2.24, 2.45) is 0 Å². The van der Waals surface area contributed by atoms with Gasteiger partial charge in [-0.15, -0.1) is 0 Å². The third kappa shape index (κ3) is 5.36. The van der Waals surface area contributed by atoms with Crippen molar-refractivity contribution in [3.63, 3.8) is 0 Å². The number of aliphatic hydroxyl groups is 1. The second kappa shape index (κ2) is 7.60. The number of unbranched alkanes of at least 4 members (excludes halogenated alkanes) is 5. The standard InChI is InChI=1S/C12H24O4S2/c1-2-3-4-5-6-7-8-17(14)12-10-18(15,16)9-11(12)13/h11-13H,2-10H2,1H3/t11-,12+,17-/m0/s1. The fourth-order valence-electron chi connectivity index (χ4n) is 2.22. The minimum atomic E-state index is -3.18. The Morgan fingerprint density at radius 2 is 1.72 bits per heavy atom. The molecule has 1 saturated heterocycles. The first kappa shape index (κ1) is 16.1. The largest absolute Gasteiger partial charge is 0.391 e. The molecule has 6 heteroatoms. The van der Waals surface area contributed by atoms with Crippen molar-refractivity contribution in [1.29, 1.82) is 0 Å². The molecule has 3 atom stereocenters. The van der Waals surface area contributed by atoms with Crippen molar-refractivity contribution in [2.45, 2.75) is 56.8 Å². The van der Waals surface area contributed by atoms with Crippen LogP contribution < -0.4 is 0 Å². The molecule has 1 heterocycles. The predicted molar refractivity (Wildman–Crippen MR) is 74.8 cm³/mol. The third-order valence-corrected chi connectivity index (χ3v) is 7.08. The van der Waals surface area contributed by atoms with Crippen molar-refractivity contribution < 1.29 is 17.7 Å². The van der Waals surface area contributed by atoms with Crippen LogP contribution in [0.25, 0.3) is 0 Å². The lowest BCUT2D eigenvalue weighted by atomic mass is 10.1. The molecule has 108 valence electrons. The summed E-state index contributed by atoms with van der Waals surface area (Å²) in [7, 11) is -4.38. The van der Waals surface area contributed by atoms with E-state index in [-0.39, 0.29) is 11.5 Å². The molecule has 0 radical (unpaired) electrons. The Kier molecular flexibility index (Phi) is 6.81. The molecule has 4 nitrogen and oxygen atoms in total. The van der Waals surface area contributed by atoms with Crippen molar-refractivity contribution >= 4 is 20.6 Å². The van der Waals surface area contributed by atoms with Gasteiger partial charge >= 0.3 is 0 Å². The van der Waals surface area contributed by atoms with E-state index in [9.17, 15) is 17.7 Å². The van der Waals surface area contributed by atoms with E-state index in [1.165, 1.54) is 19.3 Å². The SMILES string of the molecule is CCCCCCCC[S@](=O)[C@@H]1CS(=O)(=O)C[C@@H]1O. The fraction of sp³-hybridized carbons (Fsp3) is 1.00. The minimum Gasteiger partial charge on any atom is -0.391 e. The molecule has 1 fully saturated rings. The highest BCUT2D eigenvalue weighted by atomic mass is 32.2. The number of hydrogen-bond acceptors (Lipinski definition) is 4. The molecule has 0 amide bonds. The van der Waals surface area contributed by atoms with Crippen LogP contribution in [0.1, 0.15) is 45.4 Å². The molecule has 0 aromatic carbocycles. The number of hydrogen-bond donors (Lipinski definition) is 1. The van der Waals surface area contributed by atoms with Crippen LogP contribution in [-0.4, -0.2) is 46.3 Å². The Labute approximate surface area is 113 Å². The van der Waals surface area contributed by atoms with Gasteiger partial charge in [-0.05, 0) is 6.42 Å². The van der Waals surface area contributed by atoms with Gasteiger partial charge in [0.2, 0.25) is 0 Å². The Balaban J connectivity index is 2.21.